The van der Waals surface area contributed by atoms with Gasteiger partial charge in [0.25, 0.3) is 0 Å². The Hall–Kier alpha value is -2.53. The highest BCUT2D eigenvalue weighted by molar-refractivity contribution is 6.31. The summed E-state index contributed by atoms with van der Waals surface area (Å²) in [5, 5.41) is 13.6. The second-order valence-corrected chi connectivity index (χ2v) is 4.90. The molecule has 4 rings (SSSR count). The molecule has 2 heterocycles. The van der Waals surface area contributed by atoms with Gasteiger partial charge in [-0.05, 0) is 29.4 Å². The van der Waals surface area contributed by atoms with Crippen molar-refractivity contribution in [1.29, 1.82) is 0 Å². The van der Waals surface area contributed by atoms with E-state index >= 15 is 0 Å². The van der Waals surface area contributed by atoms with Crippen molar-refractivity contribution >= 4 is 44.6 Å². The van der Waals surface area contributed by atoms with Gasteiger partial charge in [0.15, 0.2) is 0 Å². The summed E-state index contributed by atoms with van der Waals surface area (Å²) in [7, 11) is 0. The van der Waals surface area contributed by atoms with Crippen LogP contribution >= 0.6 is 11.6 Å². The van der Waals surface area contributed by atoms with Crippen molar-refractivity contribution < 1.29 is 0 Å². The van der Waals surface area contributed by atoms with Crippen LogP contribution in [0.15, 0.2) is 47.6 Å². The Kier molecular flexibility index (Phi) is 2.25. The quantitative estimate of drug-likeness (QED) is 0.494. The summed E-state index contributed by atoms with van der Waals surface area (Å²) < 4.78 is 1.63. The van der Waals surface area contributed by atoms with Crippen LogP contribution in [-0.2, 0) is 0 Å². The predicted molar refractivity (Wildman–Crippen MR) is 78.5 cm³/mol. The molecule has 0 atom stereocenters. The van der Waals surface area contributed by atoms with E-state index in [1.807, 2.05) is 30.3 Å². The fraction of sp³-hybridized carbons (Fsp3) is 0. The van der Waals surface area contributed by atoms with Crippen molar-refractivity contribution in [2.45, 2.75) is 0 Å². The lowest BCUT2D eigenvalue weighted by Crippen LogP contribution is -1.95. The van der Waals surface area contributed by atoms with E-state index in [0.29, 0.717) is 21.6 Å². The van der Waals surface area contributed by atoms with Crippen LogP contribution in [0.1, 0.15) is 0 Å². The molecule has 0 saturated carbocycles. The van der Waals surface area contributed by atoms with Crippen molar-refractivity contribution in [3.8, 4) is 0 Å². The zero-order chi connectivity index (χ0) is 13.7. The second kappa shape index (κ2) is 3.98. The molecule has 0 aliphatic heterocycles. The van der Waals surface area contributed by atoms with Crippen LogP contribution in [0.3, 0.4) is 0 Å². The van der Waals surface area contributed by atoms with Crippen molar-refractivity contribution in [1.82, 2.24) is 14.8 Å². The summed E-state index contributed by atoms with van der Waals surface area (Å²) >= 11 is 6.00. The van der Waals surface area contributed by atoms with Crippen molar-refractivity contribution in [3.63, 3.8) is 0 Å². The van der Waals surface area contributed by atoms with E-state index < -0.39 is 0 Å². The van der Waals surface area contributed by atoms with E-state index in [-0.39, 0.29) is 0 Å². The molecule has 0 fully saturated rings. The monoisotopic (exact) mass is 282 g/mol. The summed E-state index contributed by atoms with van der Waals surface area (Å²) in [6.45, 7) is 0. The standard InChI is InChI=1S/C14H7ClN4O/c15-8-5-6-12-10(7-8)13(17-20)14-9-3-1-2-4-11(9)16-18-19(12)14/h1-7H. The van der Waals surface area contributed by atoms with Crippen molar-refractivity contribution in [2.75, 3.05) is 0 Å². The summed E-state index contributed by atoms with van der Waals surface area (Å²) in [6, 6.07) is 12.8. The minimum atomic E-state index is 0.341. The van der Waals surface area contributed by atoms with Crippen LogP contribution in [0.4, 0.5) is 5.69 Å². The van der Waals surface area contributed by atoms with Gasteiger partial charge in [0, 0.05) is 15.8 Å². The van der Waals surface area contributed by atoms with Gasteiger partial charge < -0.3 is 0 Å². The van der Waals surface area contributed by atoms with Gasteiger partial charge in [0.05, 0.1) is 11.0 Å². The Morgan fingerprint density at radius 3 is 2.80 bits per heavy atom. The molecule has 0 aliphatic carbocycles. The molecule has 0 aliphatic rings. The fourth-order valence-electron chi connectivity index (χ4n) is 2.51. The van der Waals surface area contributed by atoms with Crippen LogP contribution < -0.4 is 0 Å². The molecule has 0 spiro atoms. The van der Waals surface area contributed by atoms with E-state index in [4.69, 9.17) is 11.6 Å². The van der Waals surface area contributed by atoms with Crippen LogP contribution in [0.2, 0.25) is 5.02 Å². The second-order valence-electron chi connectivity index (χ2n) is 4.47. The van der Waals surface area contributed by atoms with Crippen LogP contribution in [0.5, 0.6) is 0 Å². The number of aromatic nitrogens is 3. The Morgan fingerprint density at radius 1 is 1.10 bits per heavy atom. The molecule has 20 heavy (non-hydrogen) atoms. The summed E-state index contributed by atoms with van der Waals surface area (Å²) in [5.41, 5.74) is 2.48. The maximum atomic E-state index is 11.3. The highest BCUT2D eigenvalue weighted by Crippen LogP contribution is 2.37. The minimum absolute atomic E-state index is 0.341. The average molecular weight is 283 g/mol. The normalized spacial score (nSPS) is 11.4. The lowest BCUT2D eigenvalue weighted by Gasteiger charge is -1.99. The fourth-order valence-corrected chi connectivity index (χ4v) is 2.68. The number of halogens is 1. The molecule has 2 aromatic carbocycles. The Bertz CT molecular complexity index is 993. The molecule has 0 N–H and O–H groups in total. The van der Waals surface area contributed by atoms with Gasteiger partial charge in [0.1, 0.15) is 11.2 Å². The molecule has 2 aromatic heterocycles. The first-order chi connectivity index (χ1) is 9.79. The third-order valence-corrected chi connectivity index (χ3v) is 3.61. The lowest BCUT2D eigenvalue weighted by atomic mass is 10.2. The zero-order valence-corrected chi connectivity index (χ0v) is 10.9. The molecule has 0 amide bonds. The van der Waals surface area contributed by atoms with Crippen LogP contribution in [0, 0.1) is 4.91 Å². The molecule has 0 saturated heterocycles. The third-order valence-electron chi connectivity index (χ3n) is 3.37. The Morgan fingerprint density at radius 2 is 1.95 bits per heavy atom. The molecule has 0 bridgehead atoms. The van der Waals surface area contributed by atoms with E-state index in [2.05, 4.69) is 15.5 Å². The number of hydrogen-bond donors (Lipinski definition) is 0. The first-order valence-corrected chi connectivity index (χ1v) is 6.36. The summed E-state index contributed by atoms with van der Waals surface area (Å²) in [4.78, 5) is 11.3. The van der Waals surface area contributed by atoms with Gasteiger partial charge in [-0.2, -0.15) is 0 Å². The molecule has 0 radical (unpaired) electrons. The van der Waals surface area contributed by atoms with Crippen molar-refractivity contribution in [3.05, 3.63) is 52.4 Å². The number of benzene rings is 2. The lowest BCUT2D eigenvalue weighted by molar-refractivity contribution is 0.855. The number of nitroso groups, excluding NO2 is 1. The van der Waals surface area contributed by atoms with Gasteiger partial charge in [-0.15, -0.1) is 10.0 Å². The number of fused-ring (bicyclic) bond motifs is 5. The zero-order valence-electron chi connectivity index (χ0n) is 10.1. The number of rotatable bonds is 1. The molecule has 4 aromatic rings. The number of hydrogen-bond acceptors (Lipinski definition) is 4. The smallest absolute Gasteiger partial charge is 0.143 e. The average Bonchev–Trinajstić information content (AvgIpc) is 2.80. The highest BCUT2D eigenvalue weighted by atomic mass is 35.5. The van der Waals surface area contributed by atoms with Crippen molar-refractivity contribution in [2.24, 2.45) is 5.18 Å². The molecule has 5 nitrogen and oxygen atoms in total. The third kappa shape index (κ3) is 1.38. The predicted octanol–water partition coefficient (Wildman–Crippen LogP) is 4.09. The first-order valence-electron chi connectivity index (χ1n) is 5.98. The van der Waals surface area contributed by atoms with E-state index in [1.165, 1.54) is 0 Å². The summed E-state index contributed by atoms with van der Waals surface area (Å²) in [5.74, 6) is 0. The highest BCUT2D eigenvalue weighted by Gasteiger charge is 2.16. The molecule has 6 heteroatoms. The Balaban J connectivity index is 2.37. The molecular weight excluding hydrogens is 276 g/mol. The van der Waals surface area contributed by atoms with E-state index in [9.17, 15) is 4.91 Å². The van der Waals surface area contributed by atoms with Gasteiger partial charge in [-0.1, -0.05) is 35.0 Å². The van der Waals surface area contributed by atoms with Gasteiger partial charge in [0.2, 0.25) is 0 Å². The van der Waals surface area contributed by atoms with Gasteiger partial charge >= 0.3 is 0 Å². The topological polar surface area (TPSA) is 59.6 Å². The molecular formula is C14H7ClN4O. The minimum Gasteiger partial charge on any atom is -0.211 e. The van der Waals surface area contributed by atoms with Crippen LogP contribution in [0.25, 0.3) is 27.3 Å². The SMILES string of the molecule is O=Nc1c2cc(Cl)ccc2n2nnc3ccccc3c12. The van der Waals surface area contributed by atoms with Gasteiger partial charge in [-0.25, -0.2) is 4.52 Å². The molecule has 96 valence electrons. The van der Waals surface area contributed by atoms with E-state index in [1.54, 1.807) is 16.6 Å². The van der Waals surface area contributed by atoms with E-state index in [0.717, 1.165) is 16.4 Å². The maximum absolute atomic E-state index is 11.3. The Labute approximate surface area is 117 Å². The summed E-state index contributed by atoms with van der Waals surface area (Å²) in [6.07, 6.45) is 0. The maximum Gasteiger partial charge on any atom is 0.143 e. The first kappa shape index (κ1) is 11.3. The number of nitrogens with zero attached hydrogens (tertiary/aromatic N) is 4. The van der Waals surface area contributed by atoms with Crippen LogP contribution in [-0.4, -0.2) is 14.8 Å². The van der Waals surface area contributed by atoms with Gasteiger partial charge in [-0.3, -0.25) is 0 Å². The molecule has 0 unspecified atom stereocenters. The largest absolute Gasteiger partial charge is 0.211 e.